The SMILES string of the molecule is O=C(NCC1(N2CCOCC2)CCSC1)c1ccc(N2CCCS2(=O)=O)cc1. The Morgan fingerprint density at radius 2 is 1.93 bits per heavy atom. The van der Waals surface area contributed by atoms with Crippen molar-refractivity contribution in [3.8, 4) is 0 Å². The third-order valence-electron chi connectivity index (χ3n) is 5.86. The molecular formula is C19H27N3O4S2. The zero-order valence-electron chi connectivity index (χ0n) is 15.9. The number of carbonyl (C=O) groups excluding carboxylic acids is 1. The number of hydrogen-bond donors (Lipinski definition) is 1. The molecule has 28 heavy (non-hydrogen) atoms. The van der Waals surface area contributed by atoms with Crippen molar-refractivity contribution in [2.24, 2.45) is 0 Å². The number of sulfonamides is 1. The van der Waals surface area contributed by atoms with Crippen LogP contribution in [-0.2, 0) is 14.8 Å². The Bertz CT molecular complexity index is 801. The molecule has 3 saturated heterocycles. The van der Waals surface area contributed by atoms with Crippen LogP contribution in [0.25, 0.3) is 0 Å². The fourth-order valence-electron chi connectivity index (χ4n) is 4.19. The van der Waals surface area contributed by atoms with Crippen molar-refractivity contribution in [3.63, 3.8) is 0 Å². The minimum Gasteiger partial charge on any atom is -0.379 e. The van der Waals surface area contributed by atoms with E-state index in [1.165, 1.54) is 4.31 Å². The van der Waals surface area contributed by atoms with Gasteiger partial charge in [0.1, 0.15) is 0 Å². The van der Waals surface area contributed by atoms with Crippen LogP contribution < -0.4 is 9.62 Å². The molecule has 0 saturated carbocycles. The second-order valence-electron chi connectivity index (χ2n) is 7.60. The van der Waals surface area contributed by atoms with Crippen LogP contribution >= 0.6 is 11.8 Å². The van der Waals surface area contributed by atoms with Gasteiger partial charge in [-0.25, -0.2) is 8.42 Å². The molecular weight excluding hydrogens is 398 g/mol. The predicted octanol–water partition coefficient (Wildman–Crippen LogP) is 1.16. The molecule has 0 aliphatic carbocycles. The van der Waals surface area contributed by atoms with E-state index in [1.54, 1.807) is 24.3 Å². The normalized spacial score (nSPS) is 27.8. The second kappa shape index (κ2) is 8.22. The molecule has 1 amide bonds. The van der Waals surface area contributed by atoms with Crippen molar-refractivity contribution in [1.82, 2.24) is 10.2 Å². The molecule has 1 N–H and O–H groups in total. The topological polar surface area (TPSA) is 79.0 Å². The fourth-order valence-corrected chi connectivity index (χ4v) is 7.23. The summed E-state index contributed by atoms with van der Waals surface area (Å²) in [6.45, 7) is 4.46. The number of thioether (sulfide) groups is 1. The van der Waals surface area contributed by atoms with Crippen LogP contribution in [0.15, 0.2) is 24.3 Å². The molecule has 1 aromatic carbocycles. The maximum absolute atomic E-state index is 12.7. The Labute approximate surface area is 170 Å². The number of nitrogens with zero attached hydrogens (tertiary/aromatic N) is 2. The fraction of sp³-hybridized carbons (Fsp3) is 0.632. The van der Waals surface area contributed by atoms with Crippen LogP contribution in [0.5, 0.6) is 0 Å². The maximum Gasteiger partial charge on any atom is 0.251 e. The van der Waals surface area contributed by atoms with E-state index in [-0.39, 0.29) is 17.2 Å². The van der Waals surface area contributed by atoms with Crippen LogP contribution in [0, 0.1) is 0 Å². The first-order valence-electron chi connectivity index (χ1n) is 9.79. The van der Waals surface area contributed by atoms with Crippen molar-refractivity contribution in [2.45, 2.75) is 18.4 Å². The van der Waals surface area contributed by atoms with Gasteiger partial charge in [0.2, 0.25) is 10.0 Å². The summed E-state index contributed by atoms with van der Waals surface area (Å²) in [6, 6.07) is 6.87. The number of rotatable bonds is 5. The van der Waals surface area contributed by atoms with E-state index in [0.29, 0.717) is 30.8 Å². The summed E-state index contributed by atoms with van der Waals surface area (Å²) in [5.41, 5.74) is 1.20. The van der Waals surface area contributed by atoms with Gasteiger partial charge in [-0.1, -0.05) is 0 Å². The highest BCUT2D eigenvalue weighted by molar-refractivity contribution is 7.99. The molecule has 0 radical (unpaired) electrons. The van der Waals surface area contributed by atoms with Crippen molar-refractivity contribution in [1.29, 1.82) is 0 Å². The van der Waals surface area contributed by atoms with E-state index >= 15 is 0 Å². The molecule has 7 nitrogen and oxygen atoms in total. The van der Waals surface area contributed by atoms with E-state index in [2.05, 4.69) is 10.2 Å². The lowest BCUT2D eigenvalue weighted by Gasteiger charge is -2.43. The van der Waals surface area contributed by atoms with Gasteiger partial charge in [0, 0.05) is 43.0 Å². The first kappa shape index (κ1) is 20.0. The van der Waals surface area contributed by atoms with Gasteiger partial charge < -0.3 is 10.1 Å². The Kier molecular flexibility index (Phi) is 5.87. The average Bonchev–Trinajstić information content (AvgIpc) is 3.34. The predicted molar refractivity (Wildman–Crippen MR) is 112 cm³/mol. The molecule has 0 bridgehead atoms. The van der Waals surface area contributed by atoms with Gasteiger partial charge in [0.15, 0.2) is 0 Å². The molecule has 9 heteroatoms. The van der Waals surface area contributed by atoms with Crippen LogP contribution in [0.3, 0.4) is 0 Å². The molecule has 0 aromatic heterocycles. The van der Waals surface area contributed by atoms with Crippen molar-refractivity contribution in [3.05, 3.63) is 29.8 Å². The Balaban J connectivity index is 1.40. The minimum atomic E-state index is -3.20. The summed E-state index contributed by atoms with van der Waals surface area (Å²) in [6.07, 6.45) is 1.72. The first-order valence-corrected chi connectivity index (χ1v) is 12.6. The third kappa shape index (κ3) is 4.03. The Morgan fingerprint density at radius 1 is 1.18 bits per heavy atom. The molecule has 3 aliphatic heterocycles. The summed E-state index contributed by atoms with van der Waals surface area (Å²) in [5, 5.41) is 3.12. The zero-order valence-corrected chi connectivity index (χ0v) is 17.6. The van der Waals surface area contributed by atoms with Crippen LogP contribution in [0.4, 0.5) is 5.69 Å². The van der Waals surface area contributed by atoms with E-state index < -0.39 is 10.0 Å². The van der Waals surface area contributed by atoms with Crippen molar-refractivity contribution >= 4 is 33.4 Å². The highest BCUT2D eigenvalue weighted by Gasteiger charge is 2.41. The highest BCUT2D eigenvalue weighted by Crippen LogP contribution is 2.33. The van der Waals surface area contributed by atoms with Gasteiger partial charge >= 0.3 is 0 Å². The summed E-state index contributed by atoms with van der Waals surface area (Å²) in [7, 11) is -3.20. The minimum absolute atomic E-state index is 0.00762. The molecule has 1 unspecified atom stereocenters. The number of carbonyl (C=O) groups is 1. The Hall–Kier alpha value is -1.29. The first-order chi connectivity index (χ1) is 13.5. The smallest absolute Gasteiger partial charge is 0.251 e. The summed E-state index contributed by atoms with van der Waals surface area (Å²) in [5.74, 6) is 2.22. The lowest BCUT2D eigenvalue weighted by molar-refractivity contribution is -0.0129. The molecule has 4 rings (SSSR count). The zero-order chi connectivity index (χ0) is 19.6. The van der Waals surface area contributed by atoms with E-state index in [1.807, 2.05) is 11.8 Å². The Morgan fingerprint density at radius 3 is 2.54 bits per heavy atom. The molecule has 1 aromatic rings. The average molecular weight is 426 g/mol. The summed E-state index contributed by atoms with van der Waals surface area (Å²) in [4.78, 5) is 15.2. The number of morpholine rings is 1. The van der Waals surface area contributed by atoms with Crippen LogP contribution in [-0.4, -0.2) is 81.4 Å². The number of anilines is 1. The van der Waals surface area contributed by atoms with Gasteiger partial charge in [-0.05, 0) is 42.9 Å². The number of benzene rings is 1. The van der Waals surface area contributed by atoms with Crippen molar-refractivity contribution < 1.29 is 17.9 Å². The van der Waals surface area contributed by atoms with Crippen LogP contribution in [0.1, 0.15) is 23.2 Å². The van der Waals surface area contributed by atoms with E-state index in [9.17, 15) is 13.2 Å². The van der Waals surface area contributed by atoms with Gasteiger partial charge in [0.25, 0.3) is 5.91 Å². The number of ether oxygens (including phenoxy) is 1. The largest absolute Gasteiger partial charge is 0.379 e. The monoisotopic (exact) mass is 425 g/mol. The number of nitrogens with one attached hydrogen (secondary N) is 1. The molecule has 154 valence electrons. The molecule has 3 heterocycles. The van der Waals surface area contributed by atoms with Crippen LogP contribution in [0.2, 0.25) is 0 Å². The third-order valence-corrected chi connectivity index (χ3v) is 8.96. The molecule has 0 spiro atoms. The quantitative estimate of drug-likeness (QED) is 0.763. The highest BCUT2D eigenvalue weighted by atomic mass is 32.2. The second-order valence-corrected chi connectivity index (χ2v) is 10.7. The summed E-state index contributed by atoms with van der Waals surface area (Å²) >= 11 is 1.94. The maximum atomic E-state index is 12.7. The summed E-state index contributed by atoms with van der Waals surface area (Å²) < 4.78 is 31.0. The van der Waals surface area contributed by atoms with Gasteiger partial charge in [-0.3, -0.25) is 14.0 Å². The molecule has 1 atom stereocenters. The van der Waals surface area contributed by atoms with Gasteiger partial charge in [-0.2, -0.15) is 11.8 Å². The lowest BCUT2D eigenvalue weighted by Crippen LogP contribution is -2.59. The molecule has 3 fully saturated rings. The molecule has 3 aliphatic rings. The number of amides is 1. The van der Waals surface area contributed by atoms with E-state index in [0.717, 1.165) is 44.2 Å². The standard InChI is InChI=1S/C19H27N3O4S2/c23-18(16-2-4-17(5-3-16)22-7-1-13-28(22,24)25)20-14-19(6-12-27-15-19)21-8-10-26-11-9-21/h2-5H,1,6-15H2,(H,20,23). The lowest BCUT2D eigenvalue weighted by atomic mass is 9.95. The van der Waals surface area contributed by atoms with E-state index in [4.69, 9.17) is 4.74 Å². The van der Waals surface area contributed by atoms with Gasteiger partial charge in [0.05, 0.1) is 24.7 Å². The van der Waals surface area contributed by atoms with Gasteiger partial charge in [-0.15, -0.1) is 0 Å². The van der Waals surface area contributed by atoms with Crippen molar-refractivity contribution in [2.75, 3.05) is 61.0 Å². The number of hydrogen-bond acceptors (Lipinski definition) is 6.